The second kappa shape index (κ2) is 10.2. The molecule has 0 bridgehead atoms. The highest BCUT2D eigenvalue weighted by Gasteiger charge is 2.33. The maximum absolute atomic E-state index is 12.6. The largest absolute Gasteiger partial charge is 0.434 e. The molecule has 0 radical (unpaired) electrons. The molecular formula is C19H24F3N5OS. The Labute approximate surface area is 171 Å². The number of carbonyl (C=O) groups is 1. The fourth-order valence-corrected chi connectivity index (χ4v) is 3.05. The number of nitrogens with one attached hydrogen (secondary N) is 3. The number of benzene rings is 1. The molecule has 0 aliphatic carbocycles. The average Bonchev–Trinajstić information content (AvgIpc) is 3.15. The molecule has 0 spiro atoms. The second-order valence-corrected chi connectivity index (χ2v) is 7.51. The van der Waals surface area contributed by atoms with Gasteiger partial charge < -0.3 is 16.0 Å². The third-order valence-electron chi connectivity index (χ3n) is 3.90. The zero-order valence-corrected chi connectivity index (χ0v) is 17.2. The zero-order chi connectivity index (χ0) is 21.4. The number of amides is 1. The molecule has 2 rings (SSSR count). The van der Waals surface area contributed by atoms with E-state index in [1.165, 1.54) is 0 Å². The van der Waals surface area contributed by atoms with Crippen molar-refractivity contribution in [2.75, 3.05) is 18.9 Å². The molecule has 6 nitrogen and oxygen atoms in total. The van der Waals surface area contributed by atoms with Crippen LogP contribution in [0.1, 0.15) is 30.1 Å². The van der Waals surface area contributed by atoms with Gasteiger partial charge in [0.2, 0.25) is 5.91 Å². The van der Waals surface area contributed by atoms with E-state index in [4.69, 9.17) is 0 Å². The monoisotopic (exact) mass is 427 g/mol. The molecule has 158 valence electrons. The Morgan fingerprint density at radius 3 is 2.45 bits per heavy atom. The second-order valence-electron chi connectivity index (χ2n) is 6.57. The summed E-state index contributed by atoms with van der Waals surface area (Å²) in [7, 11) is 1.62. The fourth-order valence-electron chi connectivity index (χ4n) is 2.24. The van der Waals surface area contributed by atoms with E-state index in [0.29, 0.717) is 30.5 Å². The van der Waals surface area contributed by atoms with Crippen LogP contribution in [0.25, 0.3) is 0 Å². The van der Waals surface area contributed by atoms with Crippen LogP contribution in [0.5, 0.6) is 0 Å². The summed E-state index contributed by atoms with van der Waals surface area (Å²) in [5.41, 5.74) is 0.870. The van der Waals surface area contributed by atoms with E-state index < -0.39 is 11.9 Å². The lowest BCUT2D eigenvalue weighted by Gasteiger charge is -2.12. The summed E-state index contributed by atoms with van der Waals surface area (Å²) in [6.45, 7) is 4.57. The summed E-state index contributed by atoms with van der Waals surface area (Å²) in [6, 6.07) is 7.44. The summed E-state index contributed by atoms with van der Waals surface area (Å²) in [6.07, 6.45) is -4.04. The van der Waals surface area contributed by atoms with E-state index in [0.717, 1.165) is 28.0 Å². The number of aromatic nitrogens is 1. The molecule has 0 unspecified atom stereocenters. The fraction of sp³-hybridized carbons (Fsp3) is 0.421. The molecule has 0 aliphatic heterocycles. The van der Waals surface area contributed by atoms with Gasteiger partial charge in [-0.3, -0.25) is 9.79 Å². The van der Waals surface area contributed by atoms with Gasteiger partial charge in [0.25, 0.3) is 0 Å². The van der Waals surface area contributed by atoms with Crippen LogP contribution in [0.4, 0.5) is 18.9 Å². The first-order chi connectivity index (χ1) is 13.7. The van der Waals surface area contributed by atoms with Crippen LogP contribution in [-0.4, -0.2) is 30.4 Å². The maximum atomic E-state index is 12.6. The van der Waals surface area contributed by atoms with Crippen molar-refractivity contribution in [1.29, 1.82) is 0 Å². The van der Waals surface area contributed by atoms with Crippen LogP contribution in [0, 0.1) is 5.92 Å². The summed E-state index contributed by atoms with van der Waals surface area (Å²) in [5.74, 6) is 0.410. The Hall–Kier alpha value is -2.62. The zero-order valence-electron chi connectivity index (χ0n) is 16.4. The third-order valence-corrected chi connectivity index (χ3v) is 4.81. The van der Waals surface area contributed by atoms with Crippen molar-refractivity contribution in [2.45, 2.75) is 33.0 Å². The predicted molar refractivity (Wildman–Crippen MR) is 109 cm³/mol. The first-order valence-corrected chi connectivity index (χ1v) is 9.93. The Morgan fingerprint density at radius 2 is 1.90 bits per heavy atom. The minimum atomic E-state index is -4.41. The van der Waals surface area contributed by atoms with Crippen LogP contribution in [-0.2, 0) is 23.9 Å². The Kier molecular flexibility index (Phi) is 8.00. The molecule has 0 saturated heterocycles. The van der Waals surface area contributed by atoms with E-state index in [2.05, 4.69) is 25.9 Å². The van der Waals surface area contributed by atoms with Gasteiger partial charge in [-0.2, -0.15) is 13.2 Å². The highest BCUT2D eigenvalue weighted by molar-refractivity contribution is 7.09. The van der Waals surface area contributed by atoms with Gasteiger partial charge in [0.15, 0.2) is 11.7 Å². The number of hydrogen-bond acceptors (Lipinski definition) is 4. The highest BCUT2D eigenvalue weighted by Crippen LogP contribution is 2.29. The van der Waals surface area contributed by atoms with Gasteiger partial charge in [0, 0.05) is 43.5 Å². The number of thiazole rings is 1. The number of hydrogen-bond donors (Lipinski definition) is 3. The number of halogens is 3. The van der Waals surface area contributed by atoms with Crippen molar-refractivity contribution in [3.8, 4) is 0 Å². The van der Waals surface area contributed by atoms with Crippen LogP contribution in [0.2, 0.25) is 0 Å². The number of rotatable bonds is 7. The molecule has 1 aromatic heterocycles. The summed E-state index contributed by atoms with van der Waals surface area (Å²) in [4.78, 5) is 19.4. The van der Waals surface area contributed by atoms with Crippen LogP contribution >= 0.6 is 11.3 Å². The molecule has 29 heavy (non-hydrogen) atoms. The third kappa shape index (κ3) is 7.37. The summed E-state index contributed by atoms with van der Waals surface area (Å²) < 4.78 is 37.7. The first kappa shape index (κ1) is 22.7. The molecule has 10 heteroatoms. The van der Waals surface area contributed by atoms with Gasteiger partial charge in [-0.05, 0) is 17.7 Å². The van der Waals surface area contributed by atoms with Gasteiger partial charge >= 0.3 is 6.18 Å². The van der Waals surface area contributed by atoms with Gasteiger partial charge in [0.1, 0.15) is 0 Å². The topological polar surface area (TPSA) is 78.4 Å². The Bertz CT molecular complexity index is 831. The van der Waals surface area contributed by atoms with Gasteiger partial charge in [0.05, 0.1) is 5.01 Å². The van der Waals surface area contributed by atoms with Crippen molar-refractivity contribution < 1.29 is 18.0 Å². The number of carbonyl (C=O) groups excluding carboxylic acids is 1. The van der Waals surface area contributed by atoms with E-state index in [9.17, 15) is 18.0 Å². The van der Waals surface area contributed by atoms with Crippen molar-refractivity contribution in [1.82, 2.24) is 15.6 Å². The van der Waals surface area contributed by atoms with Crippen LogP contribution < -0.4 is 16.0 Å². The smallest absolute Gasteiger partial charge is 0.356 e. The predicted octanol–water partition coefficient (Wildman–Crippen LogP) is 3.66. The van der Waals surface area contributed by atoms with E-state index in [1.54, 1.807) is 7.05 Å². The van der Waals surface area contributed by atoms with Crippen molar-refractivity contribution in [3.05, 3.63) is 45.9 Å². The molecule has 1 aromatic carbocycles. The lowest BCUT2D eigenvalue weighted by molar-refractivity contribution is -0.140. The van der Waals surface area contributed by atoms with Crippen LogP contribution in [0.3, 0.4) is 0 Å². The molecule has 0 atom stereocenters. The van der Waals surface area contributed by atoms with E-state index >= 15 is 0 Å². The lowest BCUT2D eigenvalue weighted by Crippen LogP contribution is -2.37. The standard InChI is InChI=1S/C19H24F3N5OS/c1-12(2)17(28)26-14-6-4-13(5-7-14)10-25-18(23-3)24-9-8-16-27-15(11-29-16)19(20,21)22/h4-7,11-12H,8-10H2,1-3H3,(H,26,28)(H2,23,24,25). The molecular weight excluding hydrogens is 403 g/mol. The van der Waals surface area contributed by atoms with Gasteiger partial charge in [-0.1, -0.05) is 26.0 Å². The molecule has 2 aromatic rings. The Balaban J connectivity index is 1.77. The minimum absolute atomic E-state index is 0.0388. The van der Waals surface area contributed by atoms with E-state index in [1.807, 2.05) is 38.1 Å². The molecule has 0 fully saturated rings. The first-order valence-electron chi connectivity index (χ1n) is 9.05. The Morgan fingerprint density at radius 1 is 1.21 bits per heavy atom. The quantitative estimate of drug-likeness (QED) is 0.466. The number of aliphatic imine (C=N–C) groups is 1. The van der Waals surface area contributed by atoms with Crippen molar-refractivity contribution in [2.24, 2.45) is 10.9 Å². The van der Waals surface area contributed by atoms with Crippen molar-refractivity contribution >= 4 is 28.9 Å². The number of anilines is 1. The minimum Gasteiger partial charge on any atom is -0.356 e. The SMILES string of the molecule is CN=C(NCCc1nc(C(F)(F)F)cs1)NCc1ccc(NC(=O)C(C)C)cc1. The summed E-state index contributed by atoms with van der Waals surface area (Å²) >= 11 is 0.992. The molecule has 3 N–H and O–H groups in total. The van der Waals surface area contributed by atoms with Gasteiger partial charge in [-0.25, -0.2) is 4.98 Å². The molecule has 0 aliphatic rings. The highest BCUT2D eigenvalue weighted by atomic mass is 32.1. The lowest BCUT2D eigenvalue weighted by atomic mass is 10.1. The maximum Gasteiger partial charge on any atom is 0.434 e. The number of guanidine groups is 1. The normalized spacial score (nSPS) is 12.2. The number of nitrogens with zero attached hydrogens (tertiary/aromatic N) is 2. The van der Waals surface area contributed by atoms with Crippen LogP contribution in [0.15, 0.2) is 34.6 Å². The van der Waals surface area contributed by atoms with Gasteiger partial charge in [-0.15, -0.1) is 11.3 Å². The van der Waals surface area contributed by atoms with E-state index in [-0.39, 0.29) is 11.8 Å². The summed E-state index contributed by atoms with van der Waals surface area (Å²) in [5, 5.41) is 10.5. The average molecular weight is 427 g/mol. The number of alkyl halides is 3. The molecule has 0 saturated carbocycles. The molecule has 1 heterocycles. The van der Waals surface area contributed by atoms with Crippen molar-refractivity contribution in [3.63, 3.8) is 0 Å². The molecule has 1 amide bonds.